The molecule has 0 spiro atoms. The molecule has 1 aliphatic heterocycles. The minimum atomic E-state index is -0.527. The van der Waals surface area contributed by atoms with E-state index in [0.29, 0.717) is 18.8 Å². The van der Waals surface area contributed by atoms with E-state index < -0.39 is 12.1 Å². The molecule has 1 aromatic rings. The van der Waals surface area contributed by atoms with Crippen molar-refractivity contribution in [3.8, 4) is 0 Å². The number of carbonyl (C=O) groups is 1. The highest BCUT2D eigenvalue weighted by Gasteiger charge is 2.33. The fourth-order valence-corrected chi connectivity index (χ4v) is 3.26. The molecule has 1 amide bonds. The van der Waals surface area contributed by atoms with Gasteiger partial charge in [0.05, 0.1) is 12.1 Å². The third kappa shape index (κ3) is 5.48. The van der Waals surface area contributed by atoms with Crippen LogP contribution in [0.15, 0.2) is 30.3 Å². The van der Waals surface area contributed by atoms with E-state index in [2.05, 4.69) is 13.8 Å². The minimum absolute atomic E-state index is 0. The lowest BCUT2D eigenvalue weighted by Gasteiger charge is -2.29. The molecular weight excluding hydrogens is 312 g/mol. The van der Waals surface area contributed by atoms with Crippen LogP contribution in [0.25, 0.3) is 0 Å². The minimum Gasteiger partial charge on any atom is -0.388 e. The van der Waals surface area contributed by atoms with Crippen LogP contribution < -0.4 is 5.73 Å². The Hall–Kier alpha value is -1.10. The van der Waals surface area contributed by atoms with E-state index in [9.17, 15) is 9.90 Å². The topological polar surface area (TPSA) is 66.6 Å². The number of halogens is 1. The Morgan fingerprint density at radius 1 is 1.35 bits per heavy atom. The highest BCUT2D eigenvalue weighted by atomic mass is 35.5. The largest absolute Gasteiger partial charge is 0.388 e. The molecule has 23 heavy (non-hydrogen) atoms. The van der Waals surface area contributed by atoms with Gasteiger partial charge in [-0.25, -0.2) is 0 Å². The molecule has 4 nitrogen and oxygen atoms in total. The fourth-order valence-electron chi connectivity index (χ4n) is 3.26. The van der Waals surface area contributed by atoms with Crippen molar-refractivity contribution >= 4 is 18.3 Å². The lowest BCUT2D eigenvalue weighted by atomic mass is 9.99. The van der Waals surface area contributed by atoms with Gasteiger partial charge in [0.2, 0.25) is 5.91 Å². The van der Waals surface area contributed by atoms with Gasteiger partial charge in [-0.2, -0.15) is 0 Å². The summed E-state index contributed by atoms with van der Waals surface area (Å²) in [6, 6.07) is 9.32. The monoisotopic (exact) mass is 340 g/mol. The van der Waals surface area contributed by atoms with Gasteiger partial charge in [-0.3, -0.25) is 4.79 Å². The molecule has 1 heterocycles. The number of likely N-dealkylation sites (tertiary alicyclic amines) is 1. The summed E-state index contributed by atoms with van der Waals surface area (Å²) in [7, 11) is 0. The first-order chi connectivity index (χ1) is 10.5. The Labute approximate surface area is 145 Å². The van der Waals surface area contributed by atoms with Crippen molar-refractivity contribution in [3.05, 3.63) is 35.9 Å². The van der Waals surface area contributed by atoms with E-state index in [4.69, 9.17) is 5.73 Å². The molecule has 0 aliphatic carbocycles. The van der Waals surface area contributed by atoms with E-state index in [1.807, 2.05) is 35.2 Å². The number of rotatable bonds is 6. The number of carbonyl (C=O) groups excluding carboxylic acids is 1. The summed E-state index contributed by atoms with van der Waals surface area (Å²) in [5.41, 5.74) is 6.96. The van der Waals surface area contributed by atoms with E-state index in [1.165, 1.54) is 0 Å². The molecular formula is C18H29ClN2O2. The quantitative estimate of drug-likeness (QED) is 0.836. The van der Waals surface area contributed by atoms with Gasteiger partial charge in [-0.05, 0) is 37.2 Å². The van der Waals surface area contributed by atoms with Gasteiger partial charge in [0.25, 0.3) is 0 Å². The lowest BCUT2D eigenvalue weighted by Crippen LogP contribution is -2.46. The maximum atomic E-state index is 12.5. The maximum Gasteiger partial charge on any atom is 0.239 e. The first-order valence-corrected chi connectivity index (χ1v) is 8.28. The van der Waals surface area contributed by atoms with E-state index in [1.54, 1.807) is 0 Å². The normalized spacial score (nSPS) is 20.2. The number of aliphatic hydroxyl groups excluding tert-OH is 1. The maximum absolute atomic E-state index is 12.5. The summed E-state index contributed by atoms with van der Waals surface area (Å²) in [5.74, 6) is 0.450. The molecule has 0 aromatic heterocycles. The van der Waals surface area contributed by atoms with Gasteiger partial charge < -0.3 is 15.7 Å². The van der Waals surface area contributed by atoms with Gasteiger partial charge in [0, 0.05) is 12.6 Å². The summed E-state index contributed by atoms with van der Waals surface area (Å²) in [6.45, 7) is 4.92. The van der Waals surface area contributed by atoms with E-state index >= 15 is 0 Å². The van der Waals surface area contributed by atoms with Crippen LogP contribution in [0.5, 0.6) is 0 Å². The van der Waals surface area contributed by atoms with Gasteiger partial charge in [0.1, 0.15) is 0 Å². The highest BCUT2D eigenvalue weighted by Crippen LogP contribution is 2.28. The van der Waals surface area contributed by atoms with Crippen LogP contribution in [0.4, 0.5) is 0 Å². The number of nitrogens with two attached hydrogens (primary N) is 1. The molecule has 3 atom stereocenters. The Bertz CT molecular complexity index is 481. The number of amides is 1. The highest BCUT2D eigenvalue weighted by molar-refractivity contribution is 5.85. The van der Waals surface area contributed by atoms with Crippen LogP contribution >= 0.6 is 12.4 Å². The van der Waals surface area contributed by atoms with Gasteiger partial charge >= 0.3 is 0 Å². The van der Waals surface area contributed by atoms with Crippen LogP contribution in [0, 0.1) is 5.92 Å². The van der Waals surface area contributed by atoms with Crippen LogP contribution in [-0.2, 0) is 4.79 Å². The molecule has 1 saturated heterocycles. The second-order valence-corrected chi connectivity index (χ2v) is 6.73. The van der Waals surface area contributed by atoms with Crippen molar-refractivity contribution in [1.82, 2.24) is 4.90 Å². The summed E-state index contributed by atoms with van der Waals surface area (Å²) >= 11 is 0. The molecule has 1 aromatic carbocycles. The van der Waals surface area contributed by atoms with Gasteiger partial charge in [-0.15, -0.1) is 12.4 Å². The molecule has 2 unspecified atom stereocenters. The number of nitrogens with zero attached hydrogens (tertiary/aromatic N) is 1. The predicted octanol–water partition coefficient (Wildman–Crippen LogP) is 2.90. The Morgan fingerprint density at radius 3 is 2.61 bits per heavy atom. The number of aliphatic hydroxyl groups is 1. The smallest absolute Gasteiger partial charge is 0.239 e. The number of benzene rings is 1. The molecule has 3 N–H and O–H groups in total. The molecule has 1 fully saturated rings. The first-order valence-electron chi connectivity index (χ1n) is 8.28. The molecule has 130 valence electrons. The standard InChI is InChI=1S/C18H28N2O2.ClH/c1-13(2)11-16(19)18(22)20-10-6-9-15(20)12-17(21)14-7-4-3-5-8-14;/h3-5,7-8,13,15-17,21H,6,9-12,19H2,1-2H3;1H/t15?,16-,17?;/m0./s1. The fraction of sp³-hybridized carbons (Fsp3) is 0.611. The third-order valence-corrected chi connectivity index (χ3v) is 4.38. The van der Waals surface area contributed by atoms with Crippen molar-refractivity contribution in [2.45, 2.75) is 57.7 Å². The van der Waals surface area contributed by atoms with Crippen molar-refractivity contribution in [1.29, 1.82) is 0 Å². The summed E-state index contributed by atoms with van der Waals surface area (Å²) < 4.78 is 0. The molecule has 2 rings (SSSR count). The third-order valence-electron chi connectivity index (χ3n) is 4.38. The summed E-state index contributed by atoms with van der Waals surface area (Å²) in [4.78, 5) is 14.4. The van der Waals surface area contributed by atoms with Crippen molar-refractivity contribution in [2.75, 3.05) is 6.54 Å². The second kappa shape index (κ2) is 9.26. The Kier molecular flexibility index (Phi) is 8.03. The Morgan fingerprint density at radius 2 is 2.00 bits per heavy atom. The number of hydrogen-bond donors (Lipinski definition) is 2. The zero-order valence-electron chi connectivity index (χ0n) is 14.0. The predicted molar refractivity (Wildman–Crippen MR) is 95.4 cm³/mol. The lowest BCUT2D eigenvalue weighted by molar-refractivity contribution is -0.134. The first kappa shape index (κ1) is 19.9. The Balaban J connectivity index is 0.00000264. The number of hydrogen-bond acceptors (Lipinski definition) is 3. The van der Waals surface area contributed by atoms with Crippen molar-refractivity contribution in [2.24, 2.45) is 11.7 Å². The van der Waals surface area contributed by atoms with Crippen LogP contribution in [0.2, 0.25) is 0 Å². The van der Waals surface area contributed by atoms with Crippen LogP contribution in [0.1, 0.15) is 51.2 Å². The van der Waals surface area contributed by atoms with Gasteiger partial charge in [-0.1, -0.05) is 44.2 Å². The molecule has 1 aliphatic rings. The second-order valence-electron chi connectivity index (χ2n) is 6.73. The van der Waals surface area contributed by atoms with Crippen molar-refractivity contribution < 1.29 is 9.90 Å². The van der Waals surface area contributed by atoms with Gasteiger partial charge in [0.15, 0.2) is 0 Å². The van der Waals surface area contributed by atoms with Crippen molar-refractivity contribution in [3.63, 3.8) is 0 Å². The molecule has 0 saturated carbocycles. The average molecular weight is 341 g/mol. The van der Waals surface area contributed by atoms with E-state index in [0.717, 1.165) is 24.9 Å². The molecule has 5 heteroatoms. The SMILES string of the molecule is CC(C)C[C@H](N)C(=O)N1CCCC1CC(O)c1ccccc1.Cl. The zero-order chi connectivity index (χ0) is 16.1. The molecule has 0 bridgehead atoms. The molecule has 0 radical (unpaired) electrons. The van der Waals surface area contributed by atoms with E-state index in [-0.39, 0.29) is 24.4 Å². The zero-order valence-corrected chi connectivity index (χ0v) is 14.8. The summed E-state index contributed by atoms with van der Waals surface area (Å²) in [6.07, 6.45) is 2.71. The van der Waals surface area contributed by atoms with Crippen LogP contribution in [-0.4, -0.2) is 34.5 Å². The summed E-state index contributed by atoms with van der Waals surface area (Å²) in [5, 5.41) is 10.4. The van der Waals surface area contributed by atoms with Crippen LogP contribution in [0.3, 0.4) is 0 Å². The average Bonchev–Trinajstić information content (AvgIpc) is 2.94.